The van der Waals surface area contributed by atoms with E-state index in [1.807, 2.05) is 42.2 Å². The van der Waals surface area contributed by atoms with Gasteiger partial charge in [0.05, 0.1) is 18.0 Å². The molecule has 2 heterocycles. The standard InChI is InChI=1S/C30H38FN5O3/c1-4-22-13-8-9-16-36(22)27(38)18-25(33-30(39)35(3)19-21-11-6-5-7-12-21)26(37)17-20(2)29-32-24-15-10-14-23(31)28(24)34-29/h5-7,10-12,14-15,20,22,25H,4,8-9,13,16-19H2,1-3H3,(H,32,34)(H,33,39)/t20-,22+,25+/m1/s1. The number of hydrogen-bond donors (Lipinski definition) is 2. The summed E-state index contributed by atoms with van der Waals surface area (Å²) in [5, 5.41) is 2.83. The smallest absolute Gasteiger partial charge is 0.318 e. The minimum atomic E-state index is -0.980. The Morgan fingerprint density at radius 2 is 1.90 bits per heavy atom. The first-order valence-corrected chi connectivity index (χ1v) is 13.8. The lowest BCUT2D eigenvalue weighted by atomic mass is 9.95. The number of piperidine rings is 1. The Morgan fingerprint density at radius 3 is 2.62 bits per heavy atom. The summed E-state index contributed by atoms with van der Waals surface area (Å²) in [7, 11) is 1.66. The Hall–Kier alpha value is -3.75. The predicted octanol–water partition coefficient (Wildman–Crippen LogP) is 5.16. The second kappa shape index (κ2) is 12.9. The number of aromatic amines is 1. The van der Waals surface area contributed by atoms with Crippen molar-refractivity contribution in [3.05, 3.63) is 65.7 Å². The molecule has 4 rings (SSSR count). The molecular weight excluding hydrogens is 497 g/mol. The van der Waals surface area contributed by atoms with E-state index < -0.39 is 17.9 Å². The summed E-state index contributed by atoms with van der Waals surface area (Å²) in [5.41, 5.74) is 1.74. The van der Waals surface area contributed by atoms with Crippen molar-refractivity contribution in [2.45, 2.75) is 76.9 Å². The number of amides is 3. The van der Waals surface area contributed by atoms with Gasteiger partial charge in [0.15, 0.2) is 11.6 Å². The number of H-pyrrole nitrogens is 1. The molecule has 9 heteroatoms. The van der Waals surface area contributed by atoms with E-state index in [0.29, 0.717) is 24.4 Å². The average Bonchev–Trinajstić information content (AvgIpc) is 3.39. The van der Waals surface area contributed by atoms with Crippen LogP contribution < -0.4 is 5.32 Å². The highest BCUT2D eigenvalue weighted by molar-refractivity contribution is 5.93. The van der Waals surface area contributed by atoms with E-state index in [2.05, 4.69) is 22.2 Å². The zero-order valence-electron chi connectivity index (χ0n) is 23.0. The van der Waals surface area contributed by atoms with Gasteiger partial charge in [0, 0.05) is 38.5 Å². The molecular formula is C30H38FN5O3. The van der Waals surface area contributed by atoms with Crippen molar-refractivity contribution in [1.82, 2.24) is 25.1 Å². The molecule has 1 saturated heterocycles. The van der Waals surface area contributed by atoms with Gasteiger partial charge in [-0.15, -0.1) is 0 Å². The summed E-state index contributed by atoms with van der Waals surface area (Å²) in [6, 6.07) is 13.0. The minimum absolute atomic E-state index is 0.0409. The van der Waals surface area contributed by atoms with Crippen molar-refractivity contribution in [1.29, 1.82) is 0 Å². The summed E-state index contributed by atoms with van der Waals surface area (Å²) >= 11 is 0. The molecule has 1 aliphatic heterocycles. The van der Waals surface area contributed by atoms with Crippen LogP contribution in [0.15, 0.2) is 48.5 Å². The highest BCUT2D eigenvalue weighted by atomic mass is 19.1. The van der Waals surface area contributed by atoms with Crippen molar-refractivity contribution in [2.24, 2.45) is 0 Å². The van der Waals surface area contributed by atoms with Crippen LogP contribution in [0.2, 0.25) is 0 Å². The van der Waals surface area contributed by atoms with E-state index >= 15 is 0 Å². The number of para-hydroxylation sites is 1. The quantitative estimate of drug-likeness (QED) is 0.375. The van der Waals surface area contributed by atoms with E-state index in [-0.39, 0.29) is 42.0 Å². The van der Waals surface area contributed by atoms with Gasteiger partial charge in [-0.25, -0.2) is 14.2 Å². The Morgan fingerprint density at radius 1 is 1.13 bits per heavy atom. The zero-order chi connectivity index (χ0) is 27.9. The van der Waals surface area contributed by atoms with E-state index in [0.717, 1.165) is 31.2 Å². The fourth-order valence-corrected chi connectivity index (χ4v) is 5.27. The number of aromatic nitrogens is 2. The number of imidazole rings is 1. The van der Waals surface area contributed by atoms with Gasteiger partial charge in [0.2, 0.25) is 5.91 Å². The molecule has 3 aromatic rings. The molecule has 8 nitrogen and oxygen atoms in total. The van der Waals surface area contributed by atoms with Gasteiger partial charge in [0.1, 0.15) is 11.3 Å². The third-order valence-electron chi connectivity index (χ3n) is 7.55. The van der Waals surface area contributed by atoms with Crippen molar-refractivity contribution in [2.75, 3.05) is 13.6 Å². The fourth-order valence-electron chi connectivity index (χ4n) is 5.27. The normalized spacial score (nSPS) is 17.0. The molecule has 1 aliphatic rings. The maximum absolute atomic E-state index is 14.2. The number of fused-ring (bicyclic) bond motifs is 1. The number of ketones is 1. The van der Waals surface area contributed by atoms with Gasteiger partial charge in [-0.1, -0.05) is 50.2 Å². The van der Waals surface area contributed by atoms with Gasteiger partial charge in [-0.05, 0) is 43.4 Å². The molecule has 0 spiro atoms. The molecule has 3 amide bonds. The third kappa shape index (κ3) is 7.02. The fraction of sp³-hybridized carbons (Fsp3) is 0.467. The topological polar surface area (TPSA) is 98.4 Å². The first-order chi connectivity index (χ1) is 18.8. The number of halogens is 1. The molecule has 3 atom stereocenters. The lowest BCUT2D eigenvalue weighted by molar-refractivity contribution is -0.137. The third-order valence-corrected chi connectivity index (χ3v) is 7.55. The molecule has 39 heavy (non-hydrogen) atoms. The van der Waals surface area contributed by atoms with E-state index in [1.165, 1.54) is 11.0 Å². The SMILES string of the molecule is CC[C@H]1CCCCN1C(=O)C[C@H](NC(=O)N(C)Cc1ccccc1)C(=O)C[C@@H](C)c1nc2c(F)cccc2[nH]1. The molecule has 1 aromatic heterocycles. The highest BCUT2D eigenvalue weighted by Crippen LogP contribution is 2.24. The van der Waals surface area contributed by atoms with Crippen LogP contribution in [-0.2, 0) is 16.1 Å². The van der Waals surface area contributed by atoms with Gasteiger partial charge in [-0.3, -0.25) is 9.59 Å². The van der Waals surface area contributed by atoms with Crippen molar-refractivity contribution >= 4 is 28.8 Å². The Labute approximate surface area is 229 Å². The zero-order valence-corrected chi connectivity index (χ0v) is 23.0. The maximum Gasteiger partial charge on any atom is 0.318 e. The number of benzene rings is 2. The van der Waals surface area contributed by atoms with Crippen LogP contribution in [0.3, 0.4) is 0 Å². The monoisotopic (exact) mass is 535 g/mol. The summed E-state index contributed by atoms with van der Waals surface area (Å²) in [6.07, 6.45) is 3.78. The van der Waals surface area contributed by atoms with Crippen molar-refractivity contribution < 1.29 is 18.8 Å². The highest BCUT2D eigenvalue weighted by Gasteiger charge is 2.32. The lowest BCUT2D eigenvalue weighted by Gasteiger charge is -2.36. The summed E-state index contributed by atoms with van der Waals surface area (Å²) < 4.78 is 14.2. The van der Waals surface area contributed by atoms with Crippen LogP contribution in [-0.4, -0.2) is 63.2 Å². The lowest BCUT2D eigenvalue weighted by Crippen LogP contribution is -2.51. The molecule has 0 radical (unpaired) electrons. The van der Waals surface area contributed by atoms with Crippen LogP contribution in [0.5, 0.6) is 0 Å². The summed E-state index contributed by atoms with van der Waals surface area (Å²) in [5.74, 6) is -0.687. The number of urea groups is 1. The van der Waals surface area contributed by atoms with Crippen LogP contribution in [0.25, 0.3) is 11.0 Å². The average molecular weight is 536 g/mol. The molecule has 2 N–H and O–H groups in total. The first kappa shape index (κ1) is 28.3. The Kier molecular flexibility index (Phi) is 9.32. The Bertz CT molecular complexity index is 1290. The number of rotatable bonds is 10. The van der Waals surface area contributed by atoms with Gasteiger partial charge >= 0.3 is 6.03 Å². The van der Waals surface area contributed by atoms with E-state index in [4.69, 9.17) is 0 Å². The number of Topliss-reactive ketones (excluding diaryl/α,β-unsaturated/α-hetero) is 1. The van der Waals surface area contributed by atoms with Crippen LogP contribution in [0, 0.1) is 5.82 Å². The largest absolute Gasteiger partial charge is 0.342 e. The second-order valence-electron chi connectivity index (χ2n) is 10.5. The number of nitrogens with zero attached hydrogens (tertiary/aromatic N) is 3. The number of carbonyl (C=O) groups excluding carboxylic acids is 3. The van der Waals surface area contributed by atoms with Gasteiger partial charge in [-0.2, -0.15) is 0 Å². The summed E-state index contributed by atoms with van der Waals surface area (Å²) in [4.78, 5) is 50.9. The predicted molar refractivity (Wildman–Crippen MR) is 149 cm³/mol. The number of nitrogens with one attached hydrogen (secondary N) is 2. The van der Waals surface area contributed by atoms with E-state index in [9.17, 15) is 18.8 Å². The molecule has 0 aliphatic carbocycles. The van der Waals surface area contributed by atoms with Gasteiger partial charge in [0.25, 0.3) is 0 Å². The number of hydrogen-bond acceptors (Lipinski definition) is 4. The molecule has 208 valence electrons. The van der Waals surface area contributed by atoms with Crippen LogP contribution in [0.1, 0.15) is 69.7 Å². The van der Waals surface area contributed by atoms with Crippen molar-refractivity contribution in [3.8, 4) is 0 Å². The summed E-state index contributed by atoms with van der Waals surface area (Å²) in [6.45, 7) is 4.93. The number of likely N-dealkylation sites (tertiary alicyclic amines) is 1. The second-order valence-corrected chi connectivity index (χ2v) is 10.5. The molecule has 2 aromatic carbocycles. The molecule has 0 unspecified atom stereocenters. The molecule has 1 fully saturated rings. The number of carbonyl (C=O) groups is 3. The van der Waals surface area contributed by atoms with Crippen LogP contribution >= 0.6 is 0 Å². The first-order valence-electron chi connectivity index (χ1n) is 13.8. The van der Waals surface area contributed by atoms with Crippen molar-refractivity contribution in [3.63, 3.8) is 0 Å². The Balaban J connectivity index is 1.49. The maximum atomic E-state index is 14.2. The minimum Gasteiger partial charge on any atom is -0.342 e. The van der Waals surface area contributed by atoms with E-state index in [1.54, 1.807) is 19.2 Å². The molecule has 0 saturated carbocycles. The van der Waals surface area contributed by atoms with Crippen LogP contribution in [0.4, 0.5) is 9.18 Å². The molecule has 0 bridgehead atoms. The van der Waals surface area contributed by atoms with Gasteiger partial charge < -0.3 is 20.1 Å².